The van der Waals surface area contributed by atoms with Gasteiger partial charge in [0.05, 0.1) is 20.3 Å². The van der Waals surface area contributed by atoms with Gasteiger partial charge in [-0.05, 0) is 30.5 Å². The summed E-state index contributed by atoms with van der Waals surface area (Å²) in [6, 6.07) is 8.88. The van der Waals surface area contributed by atoms with Crippen molar-refractivity contribution in [3.8, 4) is 11.5 Å². The van der Waals surface area contributed by atoms with Crippen LogP contribution in [0.15, 0.2) is 35.7 Å². The normalized spacial score (nSPS) is 11.6. The summed E-state index contributed by atoms with van der Waals surface area (Å²) in [4.78, 5) is 13.1. The number of carbonyl (C=O) groups excluding carboxylic acids is 1. The lowest BCUT2D eigenvalue weighted by molar-refractivity contribution is 0.249. The number of nitrogens with one attached hydrogen (secondary N) is 2. The van der Waals surface area contributed by atoms with Crippen LogP contribution < -0.4 is 20.1 Å². The van der Waals surface area contributed by atoms with Gasteiger partial charge in [0.15, 0.2) is 11.5 Å². The highest BCUT2D eigenvalue weighted by Crippen LogP contribution is 2.29. The number of hydrogen-bond donors (Lipinski definition) is 2. The molecular formula is C15H18N2O3S. The second-order valence-electron chi connectivity index (χ2n) is 4.41. The third-order valence-electron chi connectivity index (χ3n) is 2.96. The number of ether oxygens (including phenoxy) is 2. The molecule has 112 valence electrons. The van der Waals surface area contributed by atoms with Crippen LogP contribution in [-0.2, 0) is 0 Å². The van der Waals surface area contributed by atoms with E-state index in [-0.39, 0.29) is 12.1 Å². The Bertz CT molecular complexity index is 599. The Kier molecular flexibility index (Phi) is 5.05. The zero-order chi connectivity index (χ0) is 15.2. The first kappa shape index (κ1) is 15.2. The van der Waals surface area contributed by atoms with Crippen molar-refractivity contribution in [1.29, 1.82) is 0 Å². The Labute approximate surface area is 127 Å². The van der Waals surface area contributed by atoms with Crippen molar-refractivity contribution < 1.29 is 14.3 Å². The van der Waals surface area contributed by atoms with Gasteiger partial charge in [-0.3, -0.25) is 0 Å². The minimum Gasteiger partial charge on any atom is -0.493 e. The van der Waals surface area contributed by atoms with Gasteiger partial charge in [0, 0.05) is 16.6 Å². The molecule has 0 aliphatic rings. The second kappa shape index (κ2) is 6.99. The fourth-order valence-corrected chi connectivity index (χ4v) is 2.62. The van der Waals surface area contributed by atoms with Gasteiger partial charge >= 0.3 is 6.03 Å². The molecule has 1 atom stereocenters. The molecule has 0 aliphatic carbocycles. The summed E-state index contributed by atoms with van der Waals surface area (Å²) in [5.74, 6) is 1.19. The maximum absolute atomic E-state index is 12.0. The molecule has 0 bridgehead atoms. The number of urea groups is 1. The highest BCUT2D eigenvalue weighted by molar-refractivity contribution is 7.10. The van der Waals surface area contributed by atoms with E-state index in [9.17, 15) is 4.79 Å². The Morgan fingerprint density at radius 2 is 1.95 bits per heavy atom. The van der Waals surface area contributed by atoms with Gasteiger partial charge in [-0.1, -0.05) is 6.07 Å². The second-order valence-corrected chi connectivity index (χ2v) is 5.38. The molecule has 1 aromatic carbocycles. The fourth-order valence-electron chi connectivity index (χ4n) is 1.89. The molecule has 0 radical (unpaired) electrons. The molecule has 21 heavy (non-hydrogen) atoms. The van der Waals surface area contributed by atoms with Gasteiger partial charge in [0.25, 0.3) is 0 Å². The Morgan fingerprint density at radius 3 is 2.57 bits per heavy atom. The first-order valence-corrected chi connectivity index (χ1v) is 7.35. The third kappa shape index (κ3) is 3.88. The molecule has 2 N–H and O–H groups in total. The molecule has 0 fully saturated rings. The predicted octanol–water partition coefficient (Wildman–Crippen LogP) is 3.65. The van der Waals surface area contributed by atoms with Crippen molar-refractivity contribution in [3.05, 3.63) is 40.6 Å². The zero-order valence-corrected chi connectivity index (χ0v) is 13.0. The number of thiophene rings is 1. The van der Waals surface area contributed by atoms with Crippen LogP contribution in [0.4, 0.5) is 10.5 Å². The summed E-state index contributed by atoms with van der Waals surface area (Å²) >= 11 is 1.61. The van der Waals surface area contributed by atoms with Gasteiger partial charge in [-0.2, -0.15) is 0 Å². The number of methoxy groups -OCH3 is 2. The molecule has 0 saturated carbocycles. The average molecular weight is 306 g/mol. The summed E-state index contributed by atoms with van der Waals surface area (Å²) < 4.78 is 10.4. The molecule has 0 spiro atoms. The quantitative estimate of drug-likeness (QED) is 0.886. The first-order chi connectivity index (χ1) is 10.1. The van der Waals surface area contributed by atoms with E-state index in [0.717, 1.165) is 4.88 Å². The average Bonchev–Trinajstić information content (AvgIpc) is 3.01. The van der Waals surface area contributed by atoms with E-state index >= 15 is 0 Å². The number of rotatable bonds is 5. The van der Waals surface area contributed by atoms with E-state index in [0.29, 0.717) is 17.2 Å². The van der Waals surface area contributed by atoms with E-state index in [1.54, 1.807) is 43.8 Å². The summed E-state index contributed by atoms with van der Waals surface area (Å²) in [7, 11) is 3.13. The Hall–Kier alpha value is -2.21. The smallest absolute Gasteiger partial charge is 0.319 e. The highest BCUT2D eigenvalue weighted by atomic mass is 32.1. The highest BCUT2D eigenvalue weighted by Gasteiger charge is 2.11. The molecule has 1 aromatic heterocycles. The summed E-state index contributed by atoms with van der Waals surface area (Å²) in [6.07, 6.45) is 0. The predicted molar refractivity (Wildman–Crippen MR) is 84.4 cm³/mol. The number of benzene rings is 1. The van der Waals surface area contributed by atoms with Crippen LogP contribution in [-0.4, -0.2) is 20.3 Å². The van der Waals surface area contributed by atoms with Gasteiger partial charge < -0.3 is 20.1 Å². The third-order valence-corrected chi connectivity index (χ3v) is 4.01. The van der Waals surface area contributed by atoms with Crippen LogP contribution in [0.25, 0.3) is 0 Å². The molecule has 1 heterocycles. The minimum absolute atomic E-state index is 0.0369. The van der Waals surface area contributed by atoms with Gasteiger partial charge in [0.2, 0.25) is 0 Å². The molecule has 0 saturated heterocycles. The van der Waals surface area contributed by atoms with Crippen molar-refractivity contribution in [2.24, 2.45) is 0 Å². The SMILES string of the molecule is COc1ccc(NC(=O)N[C@H](C)c2cccs2)cc1OC. The molecule has 6 heteroatoms. The van der Waals surface area contributed by atoms with Crippen molar-refractivity contribution in [2.45, 2.75) is 13.0 Å². The maximum atomic E-state index is 12.0. The monoisotopic (exact) mass is 306 g/mol. The van der Waals surface area contributed by atoms with E-state index < -0.39 is 0 Å². The van der Waals surface area contributed by atoms with Gasteiger partial charge in [-0.15, -0.1) is 11.3 Å². The van der Waals surface area contributed by atoms with E-state index in [2.05, 4.69) is 10.6 Å². The lowest BCUT2D eigenvalue weighted by Gasteiger charge is -2.14. The van der Waals surface area contributed by atoms with Crippen LogP contribution in [0.3, 0.4) is 0 Å². The standard InChI is InChI=1S/C15H18N2O3S/c1-10(14-5-4-8-21-14)16-15(18)17-11-6-7-12(19-2)13(9-11)20-3/h4-10H,1-3H3,(H2,16,17,18)/t10-/m1/s1. The summed E-state index contributed by atoms with van der Waals surface area (Å²) in [5.41, 5.74) is 0.642. The van der Waals surface area contributed by atoms with Crippen molar-refractivity contribution in [3.63, 3.8) is 0 Å². The van der Waals surface area contributed by atoms with Crippen LogP contribution in [0.5, 0.6) is 11.5 Å². The summed E-state index contributed by atoms with van der Waals surface area (Å²) in [5, 5.41) is 7.65. The fraction of sp³-hybridized carbons (Fsp3) is 0.267. The molecule has 0 aliphatic heterocycles. The Balaban J connectivity index is 1.99. The molecule has 2 aromatic rings. The molecule has 5 nitrogen and oxygen atoms in total. The maximum Gasteiger partial charge on any atom is 0.319 e. The van der Waals surface area contributed by atoms with Crippen LogP contribution in [0.1, 0.15) is 17.8 Å². The number of carbonyl (C=O) groups is 1. The minimum atomic E-state index is -0.261. The molecule has 2 amide bonds. The topological polar surface area (TPSA) is 59.6 Å². The van der Waals surface area contributed by atoms with E-state index in [1.165, 1.54) is 0 Å². The first-order valence-electron chi connectivity index (χ1n) is 6.47. The van der Waals surface area contributed by atoms with Gasteiger partial charge in [0.1, 0.15) is 0 Å². The van der Waals surface area contributed by atoms with E-state index in [1.807, 2.05) is 24.4 Å². The Morgan fingerprint density at radius 1 is 1.19 bits per heavy atom. The van der Waals surface area contributed by atoms with Gasteiger partial charge in [-0.25, -0.2) is 4.79 Å². The van der Waals surface area contributed by atoms with E-state index in [4.69, 9.17) is 9.47 Å². The number of hydrogen-bond acceptors (Lipinski definition) is 4. The van der Waals surface area contributed by atoms with Crippen molar-refractivity contribution >= 4 is 23.1 Å². The number of amides is 2. The van der Waals surface area contributed by atoms with Crippen LogP contribution >= 0.6 is 11.3 Å². The van der Waals surface area contributed by atoms with Crippen LogP contribution in [0.2, 0.25) is 0 Å². The molecule has 0 unspecified atom stereocenters. The zero-order valence-electron chi connectivity index (χ0n) is 12.2. The van der Waals surface area contributed by atoms with Crippen molar-refractivity contribution in [2.75, 3.05) is 19.5 Å². The molecule has 2 rings (SSSR count). The summed E-state index contributed by atoms with van der Waals surface area (Å²) in [6.45, 7) is 1.94. The lowest BCUT2D eigenvalue weighted by atomic mass is 10.2. The van der Waals surface area contributed by atoms with Crippen molar-refractivity contribution in [1.82, 2.24) is 5.32 Å². The molecular weight excluding hydrogens is 288 g/mol. The lowest BCUT2D eigenvalue weighted by Crippen LogP contribution is -2.30. The van der Waals surface area contributed by atoms with Crippen LogP contribution in [0, 0.1) is 0 Å². The largest absolute Gasteiger partial charge is 0.493 e. The number of anilines is 1.